The van der Waals surface area contributed by atoms with E-state index in [-0.39, 0.29) is 6.10 Å². The lowest BCUT2D eigenvalue weighted by Gasteiger charge is -2.27. The van der Waals surface area contributed by atoms with Crippen LogP contribution in [-0.4, -0.2) is 27.9 Å². The summed E-state index contributed by atoms with van der Waals surface area (Å²) in [6.07, 6.45) is 1.20. The normalized spacial score (nSPS) is 18.8. The predicted molar refractivity (Wildman–Crippen MR) is 59.4 cm³/mol. The number of methoxy groups -OCH3 is 3. The third kappa shape index (κ3) is 1.80. The molecule has 88 valence electrons. The molecule has 16 heavy (non-hydrogen) atoms. The van der Waals surface area contributed by atoms with Gasteiger partial charge in [0.05, 0.1) is 34.0 Å². The molecule has 0 aromatic heterocycles. The van der Waals surface area contributed by atoms with E-state index in [1.165, 1.54) is 0 Å². The van der Waals surface area contributed by atoms with Crippen LogP contribution in [0.1, 0.15) is 18.1 Å². The zero-order chi connectivity index (χ0) is 11.5. The molecule has 0 bridgehead atoms. The second-order valence-corrected chi connectivity index (χ2v) is 3.61. The summed E-state index contributed by atoms with van der Waals surface area (Å²) in [6, 6.07) is 3.87. The van der Waals surface area contributed by atoms with Gasteiger partial charge in [0.25, 0.3) is 0 Å². The van der Waals surface area contributed by atoms with Crippen LogP contribution in [-0.2, 0) is 4.74 Å². The summed E-state index contributed by atoms with van der Waals surface area (Å²) < 4.78 is 21.2. The lowest BCUT2D eigenvalue weighted by atomic mass is 10.0. The van der Waals surface area contributed by atoms with Gasteiger partial charge in [0.15, 0.2) is 11.5 Å². The Labute approximate surface area is 95.1 Å². The second-order valence-electron chi connectivity index (χ2n) is 3.61. The number of hydrogen-bond donors (Lipinski definition) is 0. The Kier molecular flexibility index (Phi) is 3.19. The van der Waals surface area contributed by atoms with Crippen molar-refractivity contribution < 1.29 is 18.9 Å². The van der Waals surface area contributed by atoms with Gasteiger partial charge in [-0.05, 0) is 17.7 Å². The largest absolute Gasteiger partial charge is 0.493 e. The maximum atomic E-state index is 5.44. The summed E-state index contributed by atoms with van der Waals surface area (Å²) in [7, 11) is 4.82. The van der Waals surface area contributed by atoms with E-state index >= 15 is 0 Å². The lowest BCUT2D eigenvalue weighted by molar-refractivity contribution is -0.0529. The smallest absolute Gasteiger partial charge is 0.203 e. The standard InChI is InChI=1S/C12H16O4/c1-13-10-6-8(9-4-5-16-9)7-11(14-2)12(10)15-3/h6-7,9H,4-5H2,1-3H3. The van der Waals surface area contributed by atoms with Crippen LogP contribution in [0, 0.1) is 0 Å². The van der Waals surface area contributed by atoms with E-state index in [1.54, 1.807) is 21.3 Å². The molecular formula is C12H16O4. The first-order chi connectivity index (χ1) is 7.80. The van der Waals surface area contributed by atoms with Crippen molar-refractivity contribution >= 4 is 0 Å². The van der Waals surface area contributed by atoms with E-state index in [0.717, 1.165) is 18.6 Å². The lowest BCUT2D eigenvalue weighted by Crippen LogP contribution is -2.18. The average Bonchev–Trinajstić information content (AvgIpc) is 2.25. The summed E-state index contributed by atoms with van der Waals surface area (Å²) >= 11 is 0. The van der Waals surface area contributed by atoms with Gasteiger partial charge < -0.3 is 18.9 Å². The molecule has 1 aliphatic rings. The molecule has 1 aromatic rings. The van der Waals surface area contributed by atoms with Crippen LogP contribution in [0.4, 0.5) is 0 Å². The zero-order valence-corrected chi connectivity index (χ0v) is 9.78. The summed E-state index contributed by atoms with van der Waals surface area (Å²) in [4.78, 5) is 0. The topological polar surface area (TPSA) is 36.9 Å². The first-order valence-corrected chi connectivity index (χ1v) is 5.21. The minimum atomic E-state index is 0.161. The van der Waals surface area contributed by atoms with Crippen LogP contribution in [0.5, 0.6) is 17.2 Å². The molecule has 1 heterocycles. The van der Waals surface area contributed by atoms with Crippen LogP contribution in [0.15, 0.2) is 12.1 Å². The summed E-state index contributed by atoms with van der Waals surface area (Å²) in [5.41, 5.74) is 1.07. The number of hydrogen-bond acceptors (Lipinski definition) is 4. The van der Waals surface area contributed by atoms with Gasteiger partial charge in [-0.1, -0.05) is 0 Å². The van der Waals surface area contributed by atoms with Gasteiger partial charge >= 0.3 is 0 Å². The molecule has 0 spiro atoms. The third-order valence-electron chi connectivity index (χ3n) is 2.76. The van der Waals surface area contributed by atoms with Gasteiger partial charge in [0.2, 0.25) is 5.75 Å². The van der Waals surface area contributed by atoms with Crippen molar-refractivity contribution in [3.8, 4) is 17.2 Å². The van der Waals surface area contributed by atoms with Crippen molar-refractivity contribution in [1.29, 1.82) is 0 Å². The highest BCUT2D eigenvalue weighted by Gasteiger charge is 2.23. The molecule has 1 atom stereocenters. The summed E-state index contributed by atoms with van der Waals surface area (Å²) in [6.45, 7) is 0.821. The van der Waals surface area contributed by atoms with E-state index in [2.05, 4.69) is 0 Å². The molecule has 2 rings (SSSR count). The van der Waals surface area contributed by atoms with Crippen LogP contribution in [0.3, 0.4) is 0 Å². The van der Waals surface area contributed by atoms with E-state index in [4.69, 9.17) is 18.9 Å². The molecule has 1 unspecified atom stereocenters. The molecule has 4 nitrogen and oxygen atoms in total. The summed E-state index contributed by atoms with van der Waals surface area (Å²) in [5, 5.41) is 0. The van der Waals surface area contributed by atoms with Crippen molar-refractivity contribution in [3.63, 3.8) is 0 Å². The highest BCUT2D eigenvalue weighted by atomic mass is 16.5. The fourth-order valence-electron chi connectivity index (χ4n) is 1.79. The van der Waals surface area contributed by atoms with Crippen molar-refractivity contribution in [1.82, 2.24) is 0 Å². The van der Waals surface area contributed by atoms with Gasteiger partial charge in [-0.25, -0.2) is 0 Å². The van der Waals surface area contributed by atoms with Crippen molar-refractivity contribution in [3.05, 3.63) is 17.7 Å². The molecule has 1 aromatic carbocycles. The Morgan fingerprint density at radius 1 is 1.06 bits per heavy atom. The first kappa shape index (κ1) is 11.1. The van der Waals surface area contributed by atoms with Gasteiger partial charge in [-0.15, -0.1) is 0 Å². The first-order valence-electron chi connectivity index (χ1n) is 5.21. The molecule has 0 aliphatic carbocycles. The second kappa shape index (κ2) is 4.61. The molecule has 0 N–H and O–H groups in total. The zero-order valence-electron chi connectivity index (χ0n) is 9.78. The van der Waals surface area contributed by atoms with E-state index < -0.39 is 0 Å². The fourth-order valence-corrected chi connectivity index (χ4v) is 1.79. The highest BCUT2D eigenvalue weighted by molar-refractivity contribution is 5.54. The Bertz CT molecular complexity index is 346. The number of rotatable bonds is 4. The van der Waals surface area contributed by atoms with Gasteiger partial charge in [0.1, 0.15) is 0 Å². The van der Waals surface area contributed by atoms with E-state index in [0.29, 0.717) is 17.2 Å². The van der Waals surface area contributed by atoms with E-state index in [1.807, 2.05) is 12.1 Å². The summed E-state index contributed by atoms with van der Waals surface area (Å²) in [5.74, 6) is 1.97. The quantitative estimate of drug-likeness (QED) is 0.785. The fraction of sp³-hybridized carbons (Fsp3) is 0.500. The Hall–Kier alpha value is -1.42. The molecule has 1 saturated heterocycles. The average molecular weight is 224 g/mol. The van der Waals surface area contributed by atoms with E-state index in [9.17, 15) is 0 Å². The molecule has 4 heteroatoms. The van der Waals surface area contributed by atoms with Crippen LogP contribution in [0.2, 0.25) is 0 Å². The van der Waals surface area contributed by atoms with Gasteiger partial charge in [0, 0.05) is 6.42 Å². The van der Waals surface area contributed by atoms with Crippen molar-refractivity contribution in [2.45, 2.75) is 12.5 Å². The molecule has 1 fully saturated rings. The maximum Gasteiger partial charge on any atom is 0.203 e. The Morgan fingerprint density at radius 2 is 1.62 bits per heavy atom. The SMILES string of the molecule is COc1cc(C2CCO2)cc(OC)c1OC. The minimum Gasteiger partial charge on any atom is -0.493 e. The maximum absolute atomic E-state index is 5.44. The van der Waals surface area contributed by atoms with Gasteiger partial charge in [-0.2, -0.15) is 0 Å². The monoisotopic (exact) mass is 224 g/mol. The van der Waals surface area contributed by atoms with Crippen LogP contribution < -0.4 is 14.2 Å². The Balaban J connectivity index is 2.40. The number of ether oxygens (including phenoxy) is 4. The van der Waals surface area contributed by atoms with Crippen molar-refractivity contribution in [2.75, 3.05) is 27.9 Å². The molecule has 1 aliphatic heterocycles. The molecular weight excluding hydrogens is 208 g/mol. The van der Waals surface area contributed by atoms with Crippen LogP contribution in [0.25, 0.3) is 0 Å². The molecule has 0 saturated carbocycles. The Morgan fingerprint density at radius 3 is 1.94 bits per heavy atom. The minimum absolute atomic E-state index is 0.161. The predicted octanol–water partition coefficient (Wildman–Crippen LogP) is 2.17. The van der Waals surface area contributed by atoms with Crippen LogP contribution >= 0.6 is 0 Å². The highest BCUT2D eigenvalue weighted by Crippen LogP contribution is 2.42. The number of benzene rings is 1. The molecule has 0 radical (unpaired) electrons. The van der Waals surface area contributed by atoms with Gasteiger partial charge in [-0.3, -0.25) is 0 Å². The third-order valence-corrected chi connectivity index (χ3v) is 2.76. The van der Waals surface area contributed by atoms with Crippen molar-refractivity contribution in [2.24, 2.45) is 0 Å². The molecule has 0 amide bonds.